The number of ether oxygens (including phenoxy) is 2. The number of aryl methyl sites for hydroxylation is 2. The van der Waals surface area contributed by atoms with E-state index in [2.05, 4.69) is 4.98 Å². The Hall–Kier alpha value is -1.92. The first-order valence-electron chi connectivity index (χ1n) is 8.29. The molecule has 0 aliphatic heterocycles. The lowest BCUT2D eigenvalue weighted by Crippen LogP contribution is -2.41. The quantitative estimate of drug-likeness (QED) is 0.722. The van der Waals surface area contributed by atoms with Crippen molar-refractivity contribution in [3.05, 3.63) is 45.4 Å². The summed E-state index contributed by atoms with van der Waals surface area (Å²) in [6, 6.07) is 7.73. The second-order valence-corrected chi connectivity index (χ2v) is 7.46. The van der Waals surface area contributed by atoms with E-state index in [1.165, 1.54) is 0 Å². The van der Waals surface area contributed by atoms with Crippen molar-refractivity contribution in [2.45, 2.75) is 39.8 Å². The fraction of sp³-hybridized carbons (Fsp3) is 0.474. The van der Waals surface area contributed by atoms with Crippen LogP contribution < -0.4 is 4.74 Å². The Bertz CT molecular complexity index is 714. The number of amides is 1. The van der Waals surface area contributed by atoms with Crippen LogP contribution in [0.25, 0.3) is 0 Å². The molecule has 1 unspecified atom stereocenters. The number of aromatic nitrogens is 1. The van der Waals surface area contributed by atoms with Crippen LogP contribution in [-0.4, -0.2) is 42.7 Å². The fourth-order valence-corrected chi connectivity index (χ4v) is 3.65. The van der Waals surface area contributed by atoms with Gasteiger partial charge in [0.15, 0.2) is 0 Å². The van der Waals surface area contributed by atoms with Gasteiger partial charge in [-0.15, -0.1) is 11.3 Å². The molecule has 0 spiro atoms. The molecule has 2 aromatic rings. The van der Waals surface area contributed by atoms with Crippen molar-refractivity contribution >= 4 is 17.2 Å². The average Bonchev–Trinajstić information content (AvgIpc) is 2.90. The van der Waals surface area contributed by atoms with Gasteiger partial charge < -0.3 is 14.4 Å². The minimum atomic E-state index is -0.0394. The van der Waals surface area contributed by atoms with E-state index in [1.54, 1.807) is 25.6 Å². The summed E-state index contributed by atoms with van der Waals surface area (Å²) >= 11 is 1.63. The Balaban J connectivity index is 2.22. The SMILES string of the molecule is COCC(C)N(Cc1ccccc1OC)C(=O)Cc1nc(C)sc1C. The van der Waals surface area contributed by atoms with Crippen LogP contribution >= 0.6 is 11.3 Å². The lowest BCUT2D eigenvalue weighted by molar-refractivity contribution is -0.134. The normalized spacial score (nSPS) is 12.0. The Morgan fingerprint density at radius 3 is 2.60 bits per heavy atom. The first kappa shape index (κ1) is 19.4. The standard InChI is InChI=1S/C19H26N2O3S/c1-13(12-23-4)21(11-16-8-6-7-9-18(16)24-5)19(22)10-17-14(2)25-15(3)20-17/h6-9,13H,10-12H2,1-5H3. The van der Waals surface area contributed by atoms with Crippen molar-refractivity contribution < 1.29 is 14.3 Å². The first-order valence-corrected chi connectivity index (χ1v) is 9.11. The molecular weight excluding hydrogens is 336 g/mol. The molecule has 1 amide bonds. The van der Waals surface area contributed by atoms with Gasteiger partial charge in [0.25, 0.3) is 0 Å². The minimum Gasteiger partial charge on any atom is -0.496 e. The number of hydrogen-bond donors (Lipinski definition) is 0. The molecule has 6 heteroatoms. The molecule has 0 aliphatic carbocycles. The van der Waals surface area contributed by atoms with Gasteiger partial charge in [0.2, 0.25) is 5.91 Å². The zero-order chi connectivity index (χ0) is 18.4. The third-order valence-electron chi connectivity index (χ3n) is 4.11. The molecule has 0 saturated carbocycles. The van der Waals surface area contributed by atoms with E-state index >= 15 is 0 Å². The van der Waals surface area contributed by atoms with E-state index in [-0.39, 0.29) is 11.9 Å². The van der Waals surface area contributed by atoms with E-state index in [0.29, 0.717) is 19.6 Å². The number of para-hydroxylation sites is 1. The van der Waals surface area contributed by atoms with Gasteiger partial charge in [-0.2, -0.15) is 0 Å². The molecule has 0 bridgehead atoms. The van der Waals surface area contributed by atoms with Crippen LogP contribution in [0, 0.1) is 13.8 Å². The summed E-state index contributed by atoms with van der Waals surface area (Å²) < 4.78 is 10.7. The monoisotopic (exact) mass is 362 g/mol. The summed E-state index contributed by atoms with van der Waals surface area (Å²) in [6.07, 6.45) is 0.305. The number of rotatable bonds is 8. The van der Waals surface area contributed by atoms with Crippen LogP contribution in [0.2, 0.25) is 0 Å². The zero-order valence-electron chi connectivity index (χ0n) is 15.5. The van der Waals surface area contributed by atoms with Crippen molar-refractivity contribution in [3.8, 4) is 5.75 Å². The predicted molar refractivity (Wildman–Crippen MR) is 100 cm³/mol. The maximum atomic E-state index is 13.0. The van der Waals surface area contributed by atoms with Gasteiger partial charge in [0, 0.05) is 24.1 Å². The van der Waals surface area contributed by atoms with E-state index in [9.17, 15) is 4.79 Å². The van der Waals surface area contributed by atoms with Crippen LogP contribution in [0.5, 0.6) is 5.75 Å². The molecule has 25 heavy (non-hydrogen) atoms. The number of carbonyl (C=O) groups is 1. The van der Waals surface area contributed by atoms with E-state index < -0.39 is 0 Å². The van der Waals surface area contributed by atoms with Gasteiger partial charge in [-0.1, -0.05) is 18.2 Å². The van der Waals surface area contributed by atoms with Crippen LogP contribution in [-0.2, 0) is 22.5 Å². The van der Waals surface area contributed by atoms with Crippen LogP contribution in [0.3, 0.4) is 0 Å². The largest absolute Gasteiger partial charge is 0.496 e. The van der Waals surface area contributed by atoms with Crippen molar-refractivity contribution in [1.82, 2.24) is 9.88 Å². The Kier molecular flexibility index (Phi) is 6.96. The molecule has 1 aromatic heterocycles. The molecule has 1 heterocycles. The van der Waals surface area contributed by atoms with Crippen LogP contribution in [0.4, 0.5) is 0 Å². The number of thiazole rings is 1. The average molecular weight is 362 g/mol. The minimum absolute atomic E-state index is 0.0394. The van der Waals surface area contributed by atoms with Crippen molar-refractivity contribution in [1.29, 1.82) is 0 Å². The van der Waals surface area contributed by atoms with Crippen molar-refractivity contribution in [2.75, 3.05) is 20.8 Å². The van der Waals surface area contributed by atoms with E-state index in [0.717, 1.165) is 26.9 Å². The molecule has 0 radical (unpaired) electrons. The summed E-state index contributed by atoms with van der Waals surface area (Å²) in [5.41, 5.74) is 1.84. The second kappa shape index (κ2) is 8.97. The molecule has 1 aromatic carbocycles. The Morgan fingerprint density at radius 2 is 2.00 bits per heavy atom. The number of benzene rings is 1. The smallest absolute Gasteiger partial charge is 0.229 e. The fourth-order valence-electron chi connectivity index (χ4n) is 2.82. The summed E-state index contributed by atoms with van der Waals surface area (Å²) in [7, 11) is 3.29. The number of methoxy groups -OCH3 is 2. The molecule has 0 aliphatic rings. The highest BCUT2D eigenvalue weighted by Crippen LogP contribution is 2.22. The van der Waals surface area contributed by atoms with Gasteiger partial charge in [0.05, 0.1) is 36.9 Å². The zero-order valence-corrected chi connectivity index (χ0v) is 16.4. The Labute approximate surface area is 153 Å². The van der Waals surface area contributed by atoms with Crippen molar-refractivity contribution in [3.63, 3.8) is 0 Å². The lowest BCUT2D eigenvalue weighted by atomic mass is 10.1. The number of nitrogens with zero attached hydrogens (tertiary/aromatic N) is 2. The number of carbonyl (C=O) groups excluding carboxylic acids is 1. The molecule has 5 nitrogen and oxygen atoms in total. The van der Waals surface area contributed by atoms with Crippen molar-refractivity contribution in [2.24, 2.45) is 0 Å². The maximum Gasteiger partial charge on any atom is 0.229 e. The predicted octanol–water partition coefficient (Wildman–Crippen LogP) is 3.37. The summed E-state index contributed by atoms with van der Waals surface area (Å²) in [5, 5.41) is 0.988. The third-order valence-corrected chi connectivity index (χ3v) is 5.04. The van der Waals surface area contributed by atoms with Crippen LogP contribution in [0.1, 0.15) is 28.1 Å². The lowest BCUT2D eigenvalue weighted by Gasteiger charge is -2.29. The molecule has 2 rings (SSSR count). The van der Waals surface area contributed by atoms with Crippen LogP contribution in [0.15, 0.2) is 24.3 Å². The molecule has 0 fully saturated rings. The van der Waals surface area contributed by atoms with Gasteiger partial charge >= 0.3 is 0 Å². The summed E-state index contributed by atoms with van der Waals surface area (Å²) in [5.74, 6) is 0.828. The highest BCUT2D eigenvalue weighted by atomic mass is 32.1. The molecule has 0 saturated heterocycles. The molecule has 1 atom stereocenters. The number of hydrogen-bond acceptors (Lipinski definition) is 5. The highest BCUT2D eigenvalue weighted by Gasteiger charge is 2.23. The second-order valence-electron chi connectivity index (χ2n) is 6.05. The molecular formula is C19H26N2O3S. The maximum absolute atomic E-state index is 13.0. The Morgan fingerprint density at radius 1 is 1.28 bits per heavy atom. The van der Waals surface area contributed by atoms with Gasteiger partial charge in [-0.05, 0) is 26.8 Å². The van der Waals surface area contributed by atoms with Gasteiger partial charge in [-0.25, -0.2) is 4.98 Å². The van der Waals surface area contributed by atoms with E-state index in [4.69, 9.17) is 9.47 Å². The van der Waals surface area contributed by atoms with Gasteiger partial charge in [-0.3, -0.25) is 4.79 Å². The first-order chi connectivity index (χ1) is 12.0. The van der Waals surface area contributed by atoms with E-state index in [1.807, 2.05) is 49.9 Å². The topological polar surface area (TPSA) is 51.7 Å². The summed E-state index contributed by atoms with van der Waals surface area (Å²) in [4.78, 5) is 20.4. The summed E-state index contributed by atoms with van der Waals surface area (Å²) in [6.45, 7) is 6.93. The molecule has 0 N–H and O–H groups in total. The highest BCUT2D eigenvalue weighted by molar-refractivity contribution is 7.11. The third kappa shape index (κ3) is 5.03. The van der Waals surface area contributed by atoms with Gasteiger partial charge in [0.1, 0.15) is 5.75 Å². The molecule has 136 valence electrons.